The molecule has 3 atom stereocenters. The number of rotatable bonds is 1. The van der Waals surface area contributed by atoms with Crippen LogP contribution in [0.15, 0.2) is 0 Å². The number of hydrogen-bond acceptors (Lipinski definition) is 2. The van der Waals surface area contributed by atoms with E-state index < -0.39 is 6.17 Å². The van der Waals surface area contributed by atoms with E-state index >= 15 is 0 Å². The molecular weight excluding hydrogens is 121 g/mol. The Labute approximate surface area is 53.9 Å². The summed E-state index contributed by atoms with van der Waals surface area (Å²) >= 11 is 0. The minimum absolute atomic E-state index is 0.0304. The lowest BCUT2D eigenvalue weighted by atomic mass is 10.1. The molecule has 0 aromatic heterocycles. The molecule has 1 saturated carbocycles. The fourth-order valence-corrected chi connectivity index (χ4v) is 1.30. The van der Waals surface area contributed by atoms with Gasteiger partial charge < -0.3 is 10.8 Å². The van der Waals surface area contributed by atoms with Crippen LogP contribution in [0.5, 0.6) is 0 Å². The molecule has 0 aromatic rings. The van der Waals surface area contributed by atoms with Gasteiger partial charge in [0.15, 0.2) is 0 Å². The van der Waals surface area contributed by atoms with E-state index in [9.17, 15) is 4.39 Å². The third kappa shape index (κ3) is 1.40. The Hall–Kier alpha value is -0.150. The van der Waals surface area contributed by atoms with E-state index in [1.165, 1.54) is 0 Å². The molecule has 1 aliphatic carbocycles. The van der Waals surface area contributed by atoms with Crippen molar-refractivity contribution in [2.24, 2.45) is 11.7 Å². The van der Waals surface area contributed by atoms with Gasteiger partial charge in [0.05, 0.1) is 0 Å². The van der Waals surface area contributed by atoms with Crippen molar-refractivity contribution in [1.29, 1.82) is 0 Å². The molecule has 0 heterocycles. The Bertz CT molecular complexity index is 99.1. The van der Waals surface area contributed by atoms with Crippen LogP contribution in [0.25, 0.3) is 0 Å². The first-order valence-corrected chi connectivity index (χ1v) is 3.24. The largest absolute Gasteiger partial charge is 0.396 e. The van der Waals surface area contributed by atoms with Crippen LogP contribution in [-0.2, 0) is 0 Å². The lowest BCUT2D eigenvalue weighted by Gasteiger charge is -2.05. The van der Waals surface area contributed by atoms with Gasteiger partial charge in [-0.25, -0.2) is 4.39 Å². The summed E-state index contributed by atoms with van der Waals surface area (Å²) in [5.41, 5.74) is 5.44. The maximum Gasteiger partial charge on any atom is 0.107 e. The van der Waals surface area contributed by atoms with Crippen molar-refractivity contribution in [3.63, 3.8) is 0 Å². The third-order valence-corrected chi connectivity index (χ3v) is 1.88. The number of hydrogen-bond donors (Lipinski definition) is 2. The smallest absolute Gasteiger partial charge is 0.107 e. The molecule has 54 valence electrons. The highest BCUT2D eigenvalue weighted by Crippen LogP contribution is 2.26. The van der Waals surface area contributed by atoms with Crippen molar-refractivity contribution in [3.8, 4) is 0 Å². The maximum atomic E-state index is 12.6. The maximum absolute atomic E-state index is 12.6. The molecule has 1 rings (SSSR count). The highest BCUT2D eigenvalue weighted by Gasteiger charge is 2.31. The Kier molecular flexibility index (Phi) is 2.03. The van der Waals surface area contributed by atoms with Crippen LogP contribution in [0, 0.1) is 5.92 Å². The van der Waals surface area contributed by atoms with Gasteiger partial charge in [0.25, 0.3) is 0 Å². The van der Waals surface area contributed by atoms with Gasteiger partial charge in [0.1, 0.15) is 6.17 Å². The van der Waals surface area contributed by atoms with Crippen LogP contribution < -0.4 is 5.73 Å². The predicted octanol–water partition coefficient (Wildman–Crippen LogP) is 0.0541. The molecule has 3 N–H and O–H groups in total. The fraction of sp³-hybridized carbons (Fsp3) is 1.00. The number of aliphatic hydroxyl groups excluding tert-OH is 1. The monoisotopic (exact) mass is 133 g/mol. The molecule has 0 aliphatic heterocycles. The Morgan fingerprint density at radius 2 is 2.22 bits per heavy atom. The van der Waals surface area contributed by atoms with Crippen LogP contribution in [0.4, 0.5) is 4.39 Å². The molecule has 0 saturated heterocycles. The highest BCUT2D eigenvalue weighted by molar-refractivity contribution is 4.84. The molecule has 3 heteroatoms. The number of aliphatic hydroxyl groups is 1. The Morgan fingerprint density at radius 1 is 1.56 bits per heavy atom. The highest BCUT2D eigenvalue weighted by atomic mass is 19.1. The zero-order chi connectivity index (χ0) is 6.85. The average molecular weight is 133 g/mol. The van der Waals surface area contributed by atoms with Crippen molar-refractivity contribution in [2.45, 2.75) is 25.1 Å². The molecule has 9 heavy (non-hydrogen) atoms. The van der Waals surface area contributed by atoms with E-state index in [1.807, 2.05) is 0 Å². The molecule has 0 spiro atoms. The van der Waals surface area contributed by atoms with Crippen LogP contribution in [0.1, 0.15) is 12.8 Å². The van der Waals surface area contributed by atoms with Crippen molar-refractivity contribution in [1.82, 2.24) is 0 Å². The summed E-state index contributed by atoms with van der Waals surface area (Å²) in [6.07, 6.45) is 0.188. The van der Waals surface area contributed by atoms with E-state index in [0.29, 0.717) is 12.8 Å². The van der Waals surface area contributed by atoms with Crippen LogP contribution >= 0.6 is 0 Å². The summed E-state index contributed by atoms with van der Waals surface area (Å²) in [6, 6.07) is -0.0304. The first-order chi connectivity index (χ1) is 4.24. The molecule has 0 amide bonds. The molecule has 2 nitrogen and oxygen atoms in total. The molecular formula is C6H12FNO. The normalized spacial score (nSPS) is 43.7. The summed E-state index contributed by atoms with van der Waals surface area (Å²) in [6.45, 7) is -0.0606. The first-order valence-electron chi connectivity index (χ1n) is 3.24. The van der Waals surface area contributed by atoms with Crippen molar-refractivity contribution in [2.75, 3.05) is 6.61 Å². The van der Waals surface area contributed by atoms with Crippen molar-refractivity contribution < 1.29 is 9.50 Å². The number of halogens is 1. The number of nitrogens with two attached hydrogens (primary N) is 1. The molecule has 0 bridgehead atoms. The van der Waals surface area contributed by atoms with Gasteiger partial charge in [0.2, 0.25) is 0 Å². The quantitative estimate of drug-likeness (QED) is 0.531. The standard InChI is InChI=1S/C6H12FNO/c7-6-2-5(8)1-4(6)3-9/h4-6,9H,1-3,8H2/t4-,5-,6+/m0/s1. The van der Waals surface area contributed by atoms with Gasteiger partial charge in [-0.1, -0.05) is 0 Å². The van der Waals surface area contributed by atoms with E-state index in [0.717, 1.165) is 0 Å². The Balaban J connectivity index is 2.38. The lowest BCUT2D eigenvalue weighted by molar-refractivity contribution is 0.162. The molecule has 0 radical (unpaired) electrons. The lowest BCUT2D eigenvalue weighted by Crippen LogP contribution is -2.15. The van der Waals surface area contributed by atoms with E-state index in [2.05, 4.69) is 0 Å². The van der Waals surface area contributed by atoms with Gasteiger partial charge in [-0.05, 0) is 12.8 Å². The average Bonchev–Trinajstić information content (AvgIpc) is 2.10. The SMILES string of the molecule is N[C@H]1C[C@@H](CO)[C@H](F)C1. The molecule has 0 unspecified atom stereocenters. The van der Waals surface area contributed by atoms with Gasteiger partial charge in [-0.2, -0.15) is 0 Å². The second-order valence-electron chi connectivity index (χ2n) is 2.69. The van der Waals surface area contributed by atoms with Gasteiger partial charge in [-0.3, -0.25) is 0 Å². The Morgan fingerprint density at radius 3 is 2.44 bits per heavy atom. The second-order valence-corrected chi connectivity index (χ2v) is 2.69. The topological polar surface area (TPSA) is 46.2 Å². The zero-order valence-electron chi connectivity index (χ0n) is 5.26. The van der Waals surface area contributed by atoms with Gasteiger partial charge >= 0.3 is 0 Å². The second kappa shape index (κ2) is 2.62. The summed E-state index contributed by atoms with van der Waals surface area (Å²) in [4.78, 5) is 0. The fourth-order valence-electron chi connectivity index (χ4n) is 1.30. The summed E-state index contributed by atoms with van der Waals surface area (Å²) < 4.78 is 12.6. The van der Waals surface area contributed by atoms with Gasteiger partial charge in [-0.15, -0.1) is 0 Å². The van der Waals surface area contributed by atoms with Gasteiger partial charge in [0, 0.05) is 18.6 Å². The first kappa shape index (κ1) is 6.96. The minimum atomic E-state index is -0.870. The van der Waals surface area contributed by atoms with E-state index in [1.54, 1.807) is 0 Å². The summed E-state index contributed by atoms with van der Waals surface area (Å²) in [5, 5.41) is 8.56. The van der Waals surface area contributed by atoms with Crippen LogP contribution in [0.2, 0.25) is 0 Å². The molecule has 0 aromatic carbocycles. The van der Waals surface area contributed by atoms with Crippen molar-refractivity contribution >= 4 is 0 Å². The van der Waals surface area contributed by atoms with Crippen LogP contribution in [-0.4, -0.2) is 23.9 Å². The summed E-state index contributed by atoms with van der Waals surface area (Å²) in [7, 11) is 0. The minimum Gasteiger partial charge on any atom is -0.396 e. The summed E-state index contributed by atoms with van der Waals surface area (Å²) in [5.74, 6) is -0.194. The van der Waals surface area contributed by atoms with E-state index in [4.69, 9.17) is 10.8 Å². The predicted molar refractivity (Wildman–Crippen MR) is 32.7 cm³/mol. The van der Waals surface area contributed by atoms with E-state index in [-0.39, 0.29) is 18.6 Å². The zero-order valence-corrected chi connectivity index (χ0v) is 5.26. The van der Waals surface area contributed by atoms with Crippen LogP contribution in [0.3, 0.4) is 0 Å². The molecule has 1 aliphatic rings. The third-order valence-electron chi connectivity index (χ3n) is 1.88. The molecule has 1 fully saturated rings. The number of alkyl halides is 1. The van der Waals surface area contributed by atoms with Crippen molar-refractivity contribution in [3.05, 3.63) is 0 Å².